The molecule has 0 unspecified atom stereocenters. The summed E-state index contributed by atoms with van der Waals surface area (Å²) in [6, 6.07) is 8.08. The Bertz CT molecular complexity index is 514. The van der Waals surface area contributed by atoms with E-state index in [2.05, 4.69) is 5.32 Å². The molecule has 1 fully saturated rings. The van der Waals surface area contributed by atoms with Gasteiger partial charge >= 0.3 is 0 Å². The molecule has 0 aliphatic carbocycles. The first-order valence-electron chi connectivity index (χ1n) is 7.53. The fourth-order valence-electron chi connectivity index (χ4n) is 2.20. The molecule has 1 aromatic carbocycles. The van der Waals surface area contributed by atoms with Crippen LogP contribution in [0.3, 0.4) is 0 Å². The highest BCUT2D eigenvalue weighted by Crippen LogP contribution is 2.11. The average molecular weight is 329 g/mol. The second-order valence-electron chi connectivity index (χ2n) is 5.02. The molecule has 124 valence electrons. The zero-order valence-corrected chi connectivity index (χ0v) is 13.4. The van der Waals surface area contributed by atoms with Crippen LogP contribution in [0.2, 0.25) is 0 Å². The monoisotopic (exact) mass is 329 g/mol. The molecule has 0 aromatic heterocycles. The molecular weight excluding hydrogens is 306 g/mol. The average Bonchev–Trinajstić information content (AvgIpc) is 2.56. The first-order valence-corrected chi connectivity index (χ1v) is 8.94. The van der Waals surface area contributed by atoms with Crippen LogP contribution in [0.4, 0.5) is 0 Å². The lowest BCUT2D eigenvalue weighted by molar-refractivity contribution is -0.0112. The second kappa shape index (κ2) is 9.22. The Morgan fingerprint density at radius 2 is 1.68 bits per heavy atom. The van der Waals surface area contributed by atoms with Crippen molar-refractivity contribution < 1.29 is 22.1 Å². The molecule has 22 heavy (non-hydrogen) atoms. The Kier molecular flexibility index (Phi) is 7.28. The first-order chi connectivity index (χ1) is 10.7. The van der Waals surface area contributed by atoms with Crippen molar-refractivity contribution in [2.24, 2.45) is 0 Å². The quantitative estimate of drug-likeness (QED) is 0.542. The Morgan fingerprint density at radius 1 is 1.00 bits per heavy atom. The van der Waals surface area contributed by atoms with Gasteiger partial charge in [0.2, 0.25) is 0 Å². The second-order valence-corrected chi connectivity index (χ2v) is 6.64. The number of piperidine rings is 1. The van der Waals surface area contributed by atoms with Gasteiger partial charge in [-0.25, -0.2) is 0 Å². The van der Waals surface area contributed by atoms with Crippen molar-refractivity contribution >= 4 is 10.1 Å². The van der Waals surface area contributed by atoms with Gasteiger partial charge in [0.1, 0.15) is 0 Å². The van der Waals surface area contributed by atoms with Crippen molar-refractivity contribution in [2.45, 2.75) is 23.8 Å². The van der Waals surface area contributed by atoms with Gasteiger partial charge in [0, 0.05) is 0 Å². The van der Waals surface area contributed by atoms with Crippen LogP contribution in [0, 0.1) is 0 Å². The largest absolute Gasteiger partial charge is 0.377 e. The van der Waals surface area contributed by atoms with Crippen LogP contribution in [0.5, 0.6) is 0 Å². The highest BCUT2D eigenvalue weighted by atomic mass is 32.2. The van der Waals surface area contributed by atoms with E-state index in [1.54, 1.807) is 18.2 Å². The summed E-state index contributed by atoms with van der Waals surface area (Å²) in [5.74, 6) is 0. The van der Waals surface area contributed by atoms with Crippen LogP contribution < -0.4 is 5.32 Å². The zero-order chi connectivity index (χ0) is 15.7. The maximum atomic E-state index is 11.8. The van der Waals surface area contributed by atoms with E-state index in [4.69, 9.17) is 13.7 Å². The summed E-state index contributed by atoms with van der Waals surface area (Å²) in [7, 11) is -3.69. The molecule has 0 bridgehead atoms. The predicted molar refractivity (Wildman–Crippen MR) is 82.2 cm³/mol. The standard InChI is InChI=1S/C15H23NO5S/c17-22(18,15-4-2-1-3-5-15)21-13-11-19-10-12-20-14-6-8-16-9-7-14/h1-5,14,16H,6-13H2. The molecule has 2 rings (SSSR count). The number of nitrogens with one attached hydrogen (secondary N) is 1. The molecular formula is C15H23NO5S. The SMILES string of the molecule is O=S(=O)(OCCOCCOC1CCNCC1)c1ccccc1. The number of rotatable bonds is 9. The summed E-state index contributed by atoms with van der Waals surface area (Å²) in [6.07, 6.45) is 2.36. The van der Waals surface area contributed by atoms with Crippen molar-refractivity contribution in [1.29, 1.82) is 0 Å². The Balaban J connectivity index is 1.54. The molecule has 0 radical (unpaired) electrons. The van der Waals surface area contributed by atoms with Gasteiger partial charge in [-0.2, -0.15) is 8.42 Å². The van der Waals surface area contributed by atoms with E-state index >= 15 is 0 Å². The molecule has 1 N–H and O–H groups in total. The molecule has 0 saturated carbocycles. The predicted octanol–water partition coefficient (Wildman–Crippen LogP) is 1.18. The van der Waals surface area contributed by atoms with Crippen LogP contribution in [0.25, 0.3) is 0 Å². The van der Waals surface area contributed by atoms with Gasteiger partial charge in [-0.05, 0) is 38.1 Å². The fraction of sp³-hybridized carbons (Fsp3) is 0.600. The lowest BCUT2D eigenvalue weighted by Gasteiger charge is -2.22. The summed E-state index contributed by atoms with van der Waals surface area (Å²) in [6.45, 7) is 3.19. The van der Waals surface area contributed by atoms with Crippen LogP contribution >= 0.6 is 0 Å². The van der Waals surface area contributed by atoms with Crippen molar-refractivity contribution in [3.8, 4) is 0 Å². The highest BCUT2D eigenvalue weighted by molar-refractivity contribution is 7.86. The van der Waals surface area contributed by atoms with E-state index in [1.165, 1.54) is 12.1 Å². The molecule has 1 saturated heterocycles. The molecule has 7 heteroatoms. The molecule has 0 spiro atoms. The molecule has 1 aromatic rings. The molecule has 1 aliphatic rings. The van der Waals surface area contributed by atoms with Crippen LogP contribution in [-0.4, -0.2) is 54.0 Å². The van der Waals surface area contributed by atoms with Crippen LogP contribution in [-0.2, 0) is 23.8 Å². The van der Waals surface area contributed by atoms with Crippen molar-refractivity contribution in [3.05, 3.63) is 30.3 Å². The van der Waals surface area contributed by atoms with E-state index < -0.39 is 10.1 Å². The minimum absolute atomic E-state index is 0.00454. The van der Waals surface area contributed by atoms with Gasteiger partial charge in [0.15, 0.2) is 0 Å². The Labute approximate surface area is 131 Å². The summed E-state index contributed by atoms with van der Waals surface area (Å²) in [5, 5.41) is 3.28. The minimum Gasteiger partial charge on any atom is -0.377 e. The van der Waals surface area contributed by atoms with Gasteiger partial charge in [-0.15, -0.1) is 0 Å². The topological polar surface area (TPSA) is 73.9 Å². The lowest BCUT2D eigenvalue weighted by Crippen LogP contribution is -2.33. The van der Waals surface area contributed by atoms with E-state index in [1.807, 2.05) is 0 Å². The number of hydrogen-bond donors (Lipinski definition) is 1. The summed E-state index contributed by atoms with van der Waals surface area (Å²) >= 11 is 0. The molecule has 0 atom stereocenters. The molecule has 6 nitrogen and oxygen atoms in total. The highest BCUT2D eigenvalue weighted by Gasteiger charge is 2.14. The third-order valence-electron chi connectivity index (χ3n) is 3.37. The van der Waals surface area contributed by atoms with Crippen molar-refractivity contribution in [1.82, 2.24) is 5.32 Å². The van der Waals surface area contributed by atoms with Crippen molar-refractivity contribution in [2.75, 3.05) is 39.5 Å². The normalized spacial score (nSPS) is 16.7. The number of benzene rings is 1. The molecule has 1 heterocycles. The lowest BCUT2D eigenvalue weighted by atomic mass is 10.1. The number of hydrogen-bond acceptors (Lipinski definition) is 6. The van der Waals surface area contributed by atoms with E-state index in [0.717, 1.165) is 25.9 Å². The fourth-order valence-corrected chi connectivity index (χ4v) is 3.11. The van der Waals surface area contributed by atoms with Gasteiger partial charge in [0.05, 0.1) is 37.4 Å². The minimum atomic E-state index is -3.69. The van der Waals surface area contributed by atoms with Crippen molar-refractivity contribution in [3.63, 3.8) is 0 Å². The maximum Gasteiger partial charge on any atom is 0.297 e. The third kappa shape index (κ3) is 6.02. The van der Waals surface area contributed by atoms with Gasteiger partial charge in [-0.1, -0.05) is 18.2 Å². The smallest absolute Gasteiger partial charge is 0.297 e. The first kappa shape index (κ1) is 17.4. The Morgan fingerprint density at radius 3 is 2.41 bits per heavy atom. The Hall–Kier alpha value is -0.990. The van der Waals surface area contributed by atoms with E-state index in [9.17, 15) is 8.42 Å². The van der Waals surface area contributed by atoms with E-state index in [0.29, 0.717) is 19.3 Å². The van der Waals surface area contributed by atoms with Gasteiger partial charge in [0.25, 0.3) is 10.1 Å². The summed E-state index contributed by atoms with van der Waals surface area (Å²) in [4.78, 5) is 0.157. The molecule has 1 aliphatic heterocycles. The third-order valence-corrected chi connectivity index (χ3v) is 4.69. The van der Waals surface area contributed by atoms with Gasteiger partial charge < -0.3 is 14.8 Å². The maximum absolute atomic E-state index is 11.8. The van der Waals surface area contributed by atoms with Crippen LogP contribution in [0.1, 0.15) is 12.8 Å². The number of ether oxygens (including phenoxy) is 2. The van der Waals surface area contributed by atoms with Crippen LogP contribution in [0.15, 0.2) is 35.2 Å². The van der Waals surface area contributed by atoms with E-state index in [-0.39, 0.29) is 18.1 Å². The zero-order valence-electron chi connectivity index (χ0n) is 12.6. The summed E-state index contributed by atoms with van der Waals surface area (Å²) in [5.41, 5.74) is 0. The van der Waals surface area contributed by atoms with Gasteiger partial charge in [-0.3, -0.25) is 4.18 Å². The molecule has 0 amide bonds. The summed E-state index contributed by atoms with van der Waals surface area (Å²) < 4.78 is 39.6.